The SMILES string of the molecule is Cc1ccc(OCn2cc(NC(=O)Cn3nccc3C)cn2)c(C)c1. The molecule has 0 aliphatic carbocycles. The van der Waals surface area contributed by atoms with E-state index < -0.39 is 0 Å². The number of nitrogens with one attached hydrogen (secondary N) is 1. The van der Waals surface area contributed by atoms with E-state index in [1.54, 1.807) is 28.0 Å². The number of rotatable bonds is 6. The molecule has 3 rings (SSSR count). The number of anilines is 1. The van der Waals surface area contributed by atoms with Gasteiger partial charge >= 0.3 is 0 Å². The number of hydrogen-bond acceptors (Lipinski definition) is 4. The summed E-state index contributed by atoms with van der Waals surface area (Å²) in [5, 5.41) is 11.1. The molecule has 0 aliphatic rings. The molecule has 0 spiro atoms. The minimum absolute atomic E-state index is 0.151. The Kier molecular flexibility index (Phi) is 4.83. The molecule has 0 saturated heterocycles. The second kappa shape index (κ2) is 7.21. The Balaban J connectivity index is 1.55. The lowest BCUT2D eigenvalue weighted by molar-refractivity contribution is -0.116. The van der Waals surface area contributed by atoms with Crippen molar-refractivity contribution in [1.82, 2.24) is 19.6 Å². The summed E-state index contributed by atoms with van der Waals surface area (Å²) in [6.45, 7) is 6.40. The van der Waals surface area contributed by atoms with Gasteiger partial charge in [0.15, 0.2) is 6.73 Å². The van der Waals surface area contributed by atoms with Crippen molar-refractivity contribution in [2.24, 2.45) is 0 Å². The van der Waals surface area contributed by atoms with Crippen molar-refractivity contribution in [1.29, 1.82) is 0 Å². The third kappa shape index (κ3) is 4.26. The van der Waals surface area contributed by atoms with E-state index in [1.165, 1.54) is 5.56 Å². The van der Waals surface area contributed by atoms with Gasteiger partial charge in [0.05, 0.1) is 18.1 Å². The van der Waals surface area contributed by atoms with Gasteiger partial charge in [0.2, 0.25) is 5.91 Å². The number of aromatic nitrogens is 4. The molecule has 1 amide bonds. The number of ether oxygens (including phenoxy) is 1. The van der Waals surface area contributed by atoms with Crippen LogP contribution < -0.4 is 10.1 Å². The molecule has 7 nitrogen and oxygen atoms in total. The first-order valence-electron chi connectivity index (χ1n) is 8.02. The van der Waals surface area contributed by atoms with E-state index >= 15 is 0 Å². The van der Waals surface area contributed by atoms with E-state index in [1.807, 2.05) is 39.0 Å². The fourth-order valence-corrected chi connectivity index (χ4v) is 2.50. The average molecular weight is 339 g/mol. The second-order valence-electron chi connectivity index (χ2n) is 5.99. The van der Waals surface area contributed by atoms with Crippen molar-refractivity contribution in [2.45, 2.75) is 34.0 Å². The van der Waals surface area contributed by atoms with Crippen LogP contribution in [0.3, 0.4) is 0 Å². The van der Waals surface area contributed by atoms with Crippen LogP contribution in [0, 0.1) is 20.8 Å². The highest BCUT2D eigenvalue weighted by Crippen LogP contribution is 2.19. The number of aryl methyl sites for hydroxylation is 3. The quantitative estimate of drug-likeness (QED) is 0.749. The van der Waals surface area contributed by atoms with Crippen LogP contribution in [0.25, 0.3) is 0 Å². The maximum atomic E-state index is 12.1. The van der Waals surface area contributed by atoms with Crippen molar-refractivity contribution in [2.75, 3.05) is 5.32 Å². The fourth-order valence-electron chi connectivity index (χ4n) is 2.50. The first-order valence-corrected chi connectivity index (χ1v) is 8.02. The largest absolute Gasteiger partial charge is 0.471 e. The van der Waals surface area contributed by atoms with Crippen molar-refractivity contribution in [3.8, 4) is 5.75 Å². The molecule has 130 valence electrons. The maximum absolute atomic E-state index is 12.1. The first kappa shape index (κ1) is 16.8. The number of benzene rings is 1. The van der Waals surface area contributed by atoms with Gasteiger partial charge < -0.3 is 10.1 Å². The smallest absolute Gasteiger partial charge is 0.246 e. The summed E-state index contributed by atoms with van der Waals surface area (Å²) in [5.74, 6) is 0.669. The Morgan fingerprint density at radius 3 is 2.76 bits per heavy atom. The summed E-state index contributed by atoms with van der Waals surface area (Å²) in [6, 6.07) is 7.88. The number of nitrogens with zero attached hydrogens (tertiary/aromatic N) is 4. The Morgan fingerprint density at radius 1 is 1.20 bits per heavy atom. The highest BCUT2D eigenvalue weighted by molar-refractivity contribution is 5.90. The summed E-state index contributed by atoms with van der Waals surface area (Å²) in [6.07, 6.45) is 5.00. The van der Waals surface area contributed by atoms with E-state index in [2.05, 4.69) is 21.6 Å². The molecule has 2 heterocycles. The predicted octanol–water partition coefficient (Wildman–Crippen LogP) is 2.68. The van der Waals surface area contributed by atoms with E-state index in [0.717, 1.165) is 17.0 Å². The average Bonchev–Trinajstić information content (AvgIpc) is 3.16. The maximum Gasteiger partial charge on any atom is 0.246 e. The van der Waals surface area contributed by atoms with Crippen molar-refractivity contribution >= 4 is 11.6 Å². The van der Waals surface area contributed by atoms with Gasteiger partial charge in [-0.2, -0.15) is 10.2 Å². The highest BCUT2D eigenvalue weighted by atomic mass is 16.5. The summed E-state index contributed by atoms with van der Waals surface area (Å²) >= 11 is 0. The van der Waals surface area contributed by atoms with Crippen LogP contribution in [0.15, 0.2) is 42.9 Å². The Labute approximate surface area is 146 Å². The zero-order valence-corrected chi connectivity index (χ0v) is 14.6. The van der Waals surface area contributed by atoms with Crippen LogP contribution in [-0.2, 0) is 18.1 Å². The van der Waals surface area contributed by atoms with Crippen LogP contribution in [0.5, 0.6) is 5.75 Å². The molecule has 0 unspecified atom stereocenters. The minimum atomic E-state index is -0.151. The Hall–Kier alpha value is -3.09. The summed E-state index contributed by atoms with van der Waals surface area (Å²) in [4.78, 5) is 12.1. The molecule has 0 fully saturated rings. The van der Waals surface area contributed by atoms with Gasteiger partial charge in [0.25, 0.3) is 0 Å². The zero-order valence-electron chi connectivity index (χ0n) is 14.6. The molecule has 0 bridgehead atoms. The number of carbonyl (C=O) groups is 1. The monoisotopic (exact) mass is 339 g/mol. The lowest BCUT2D eigenvalue weighted by Gasteiger charge is -2.09. The molecule has 2 aromatic heterocycles. The lowest BCUT2D eigenvalue weighted by atomic mass is 10.1. The van der Waals surface area contributed by atoms with Gasteiger partial charge in [-0.15, -0.1) is 0 Å². The predicted molar refractivity (Wildman–Crippen MR) is 94.4 cm³/mol. The molecule has 0 saturated carbocycles. The zero-order chi connectivity index (χ0) is 17.8. The van der Waals surface area contributed by atoms with Gasteiger partial charge in [-0.3, -0.25) is 9.48 Å². The van der Waals surface area contributed by atoms with Gasteiger partial charge in [0.1, 0.15) is 12.3 Å². The molecule has 7 heteroatoms. The standard InChI is InChI=1S/C18H21N5O2/c1-13-4-5-17(14(2)8-13)25-12-22-10-16(9-20-22)21-18(24)11-23-15(3)6-7-19-23/h4-10H,11-12H2,1-3H3,(H,21,24). The molecule has 3 aromatic rings. The second-order valence-corrected chi connectivity index (χ2v) is 5.99. The van der Waals surface area contributed by atoms with Crippen molar-refractivity contribution < 1.29 is 9.53 Å². The molecule has 0 atom stereocenters. The van der Waals surface area contributed by atoms with Gasteiger partial charge in [-0.1, -0.05) is 17.7 Å². The number of hydrogen-bond donors (Lipinski definition) is 1. The fraction of sp³-hybridized carbons (Fsp3) is 0.278. The molecular formula is C18H21N5O2. The van der Waals surface area contributed by atoms with E-state index in [4.69, 9.17) is 4.74 Å². The summed E-state index contributed by atoms with van der Waals surface area (Å²) in [5.41, 5.74) is 3.84. The van der Waals surface area contributed by atoms with Crippen molar-refractivity contribution in [3.05, 3.63) is 59.7 Å². The molecule has 1 N–H and O–H groups in total. The van der Waals surface area contributed by atoms with E-state index in [0.29, 0.717) is 5.69 Å². The first-order chi connectivity index (χ1) is 12.0. The Morgan fingerprint density at radius 2 is 2.04 bits per heavy atom. The molecular weight excluding hydrogens is 318 g/mol. The topological polar surface area (TPSA) is 74.0 Å². The van der Waals surface area contributed by atoms with Crippen LogP contribution >= 0.6 is 0 Å². The van der Waals surface area contributed by atoms with Crippen LogP contribution in [0.1, 0.15) is 16.8 Å². The van der Waals surface area contributed by atoms with E-state index in [9.17, 15) is 4.79 Å². The highest BCUT2D eigenvalue weighted by Gasteiger charge is 2.08. The molecule has 0 aliphatic heterocycles. The third-order valence-electron chi connectivity index (χ3n) is 3.82. The third-order valence-corrected chi connectivity index (χ3v) is 3.82. The van der Waals surface area contributed by atoms with Crippen LogP contribution in [0.4, 0.5) is 5.69 Å². The normalized spacial score (nSPS) is 10.7. The Bertz CT molecular complexity index is 881. The van der Waals surface area contributed by atoms with Gasteiger partial charge in [-0.05, 0) is 38.5 Å². The number of carbonyl (C=O) groups excluding carboxylic acids is 1. The van der Waals surface area contributed by atoms with Crippen LogP contribution in [-0.4, -0.2) is 25.5 Å². The number of amides is 1. The van der Waals surface area contributed by atoms with Crippen molar-refractivity contribution in [3.63, 3.8) is 0 Å². The van der Waals surface area contributed by atoms with Gasteiger partial charge in [-0.25, -0.2) is 4.68 Å². The lowest BCUT2D eigenvalue weighted by Crippen LogP contribution is -2.20. The van der Waals surface area contributed by atoms with E-state index in [-0.39, 0.29) is 19.2 Å². The summed E-state index contributed by atoms with van der Waals surface area (Å²) < 4.78 is 9.05. The molecule has 0 radical (unpaired) electrons. The van der Waals surface area contributed by atoms with Gasteiger partial charge in [0, 0.05) is 11.9 Å². The molecule has 25 heavy (non-hydrogen) atoms. The molecule has 1 aromatic carbocycles. The minimum Gasteiger partial charge on any atom is -0.471 e. The van der Waals surface area contributed by atoms with Crippen LogP contribution in [0.2, 0.25) is 0 Å². The summed E-state index contributed by atoms with van der Waals surface area (Å²) in [7, 11) is 0.